The number of aliphatic carboxylic acids is 2. The zero-order valence-electron chi connectivity index (χ0n) is 7.90. The molecule has 0 unspecified atom stereocenters. The monoisotopic (exact) mass is 198 g/mol. The summed E-state index contributed by atoms with van der Waals surface area (Å²) < 4.78 is 0. The molecule has 3 atom stereocenters. The minimum Gasteiger partial charge on any atom is -0.481 e. The predicted molar refractivity (Wildman–Crippen MR) is 47.8 cm³/mol. The Balaban J connectivity index is 2.28. The van der Waals surface area contributed by atoms with E-state index in [0.717, 1.165) is 12.8 Å². The average molecular weight is 198 g/mol. The van der Waals surface area contributed by atoms with E-state index in [0.29, 0.717) is 19.3 Å². The molecule has 0 saturated heterocycles. The Morgan fingerprint density at radius 2 is 1.86 bits per heavy atom. The van der Waals surface area contributed by atoms with Crippen molar-refractivity contribution in [2.24, 2.45) is 17.3 Å². The summed E-state index contributed by atoms with van der Waals surface area (Å²) in [6, 6.07) is 0. The van der Waals surface area contributed by atoms with Gasteiger partial charge in [-0.2, -0.15) is 0 Å². The SMILES string of the molecule is O=C(O)[C@H]1CC[C@]2(C(=O)O)CCC[C@@H]12. The summed E-state index contributed by atoms with van der Waals surface area (Å²) in [6.45, 7) is 0. The largest absolute Gasteiger partial charge is 0.481 e. The van der Waals surface area contributed by atoms with Crippen molar-refractivity contribution in [1.29, 1.82) is 0 Å². The molecule has 0 amide bonds. The van der Waals surface area contributed by atoms with Gasteiger partial charge in [0.15, 0.2) is 0 Å². The molecule has 2 aliphatic rings. The van der Waals surface area contributed by atoms with E-state index < -0.39 is 23.3 Å². The summed E-state index contributed by atoms with van der Waals surface area (Å²) in [7, 11) is 0. The van der Waals surface area contributed by atoms with Crippen LogP contribution in [0, 0.1) is 17.3 Å². The fourth-order valence-corrected chi connectivity index (χ4v) is 3.28. The molecule has 0 heterocycles. The predicted octanol–water partition coefficient (Wildman–Crippen LogP) is 1.35. The number of rotatable bonds is 2. The van der Waals surface area contributed by atoms with Crippen LogP contribution >= 0.6 is 0 Å². The second-order valence-corrected chi connectivity index (χ2v) is 4.44. The topological polar surface area (TPSA) is 74.6 Å². The third kappa shape index (κ3) is 1.06. The first-order chi connectivity index (χ1) is 6.58. The van der Waals surface area contributed by atoms with Gasteiger partial charge in [0.05, 0.1) is 11.3 Å². The lowest BCUT2D eigenvalue weighted by Gasteiger charge is -2.24. The van der Waals surface area contributed by atoms with Crippen LogP contribution in [0.2, 0.25) is 0 Å². The van der Waals surface area contributed by atoms with E-state index in [2.05, 4.69) is 0 Å². The van der Waals surface area contributed by atoms with Gasteiger partial charge in [0.1, 0.15) is 0 Å². The van der Waals surface area contributed by atoms with Crippen LogP contribution in [0.25, 0.3) is 0 Å². The van der Waals surface area contributed by atoms with Crippen LogP contribution in [0.15, 0.2) is 0 Å². The highest BCUT2D eigenvalue weighted by atomic mass is 16.4. The molecule has 2 fully saturated rings. The number of carboxylic acids is 2. The Kier molecular flexibility index (Phi) is 2.01. The molecule has 0 bridgehead atoms. The minimum atomic E-state index is -0.819. The molecule has 2 aliphatic carbocycles. The van der Waals surface area contributed by atoms with Gasteiger partial charge in [0, 0.05) is 0 Å². The maximum atomic E-state index is 11.2. The highest BCUT2D eigenvalue weighted by Crippen LogP contribution is 2.57. The van der Waals surface area contributed by atoms with Crippen molar-refractivity contribution in [2.75, 3.05) is 0 Å². The van der Waals surface area contributed by atoms with Gasteiger partial charge in [-0.05, 0) is 31.6 Å². The van der Waals surface area contributed by atoms with E-state index in [1.54, 1.807) is 0 Å². The molecule has 4 heteroatoms. The molecule has 0 aromatic heterocycles. The van der Waals surface area contributed by atoms with Crippen LogP contribution in [-0.2, 0) is 9.59 Å². The zero-order valence-corrected chi connectivity index (χ0v) is 7.90. The van der Waals surface area contributed by atoms with E-state index in [-0.39, 0.29) is 5.92 Å². The standard InChI is InChI=1S/C10H14O4/c11-8(12)6-3-5-10(9(13)14)4-1-2-7(6)10/h6-7H,1-5H2,(H,11,12)(H,13,14)/t6-,7-,10+/m0/s1. The van der Waals surface area contributed by atoms with Crippen LogP contribution in [0.3, 0.4) is 0 Å². The van der Waals surface area contributed by atoms with E-state index in [9.17, 15) is 14.7 Å². The highest BCUT2D eigenvalue weighted by Gasteiger charge is 2.57. The Labute approximate surface area is 81.9 Å². The third-order valence-electron chi connectivity index (χ3n) is 3.98. The number of carboxylic acid groups (broad SMARTS) is 2. The van der Waals surface area contributed by atoms with Crippen molar-refractivity contribution in [3.63, 3.8) is 0 Å². The molecular formula is C10H14O4. The molecule has 2 N–H and O–H groups in total. The van der Waals surface area contributed by atoms with Crippen LogP contribution < -0.4 is 0 Å². The third-order valence-corrected chi connectivity index (χ3v) is 3.98. The molecule has 2 rings (SSSR count). The molecule has 0 spiro atoms. The fourth-order valence-electron chi connectivity index (χ4n) is 3.28. The average Bonchev–Trinajstić information content (AvgIpc) is 2.58. The Hall–Kier alpha value is -1.06. The number of hydrogen-bond acceptors (Lipinski definition) is 2. The van der Waals surface area contributed by atoms with E-state index in [1.165, 1.54) is 0 Å². The molecule has 0 radical (unpaired) electrons. The summed E-state index contributed by atoms with van der Waals surface area (Å²) in [5.74, 6) is -2.16. The quantitative estimate of drug-likeness (QED) is 0.702. The fraction of sp³-hybridized carbons (Fsp3) is 0.800. The van der Waals surface area contributed by atoms with Crippen molar-refractivity contribution >= 4 is 11.9 Å². The van der Waals surface area contributed by atoms with Gasteiger partial charge in [-0.1, -0.05) is 6.42 Å². The summed E-state index contributed by atoms with van der Waals surface area (Å²) in [5.41, 5.74) is -0.705. The van der Waals surface area contributed by atoms with Crippen molar-refractivity contribution in [3.8, 4) is 0 Å². The number of carbonyl (C=O) groups is 2. The van der Waals surface area contributed by atoms with Crippen LogP contribution in [0.5, 0.6) is 0 Å². The minimum absolute atomic E-state index is 0.127. The molecule has 0 aromatic rings. The second kappa shape index (κ2) is 2.97. The first-order valence-corrected chi connectivity index (χ1v) is 5.04. The lowest BCUT2D eigenvalue weighted by molar-refractivity contribution is -0.152. The summed E-state index contributed by atoms with van der Waals surface area (Å²) in [5, 5.41) is 18.1. The summed E-state index contributed by atoms with van der Waals surface area (Å²) >= 11 is 0. The first kappa shape index (κ1) is 9.49. The number of hydrogen-bond donors (Lipinski definition) is 2. The summed E-state index contributed by atoms with van der Waals surface area (Å²) in [6.07, 6.45) is 3.37. The molecule has 0 aliphatic heterocycles. The van der Waals surface area contributed by atoms with E-state index in [4.69, 9.17) is 5.11 Å². The Morgan fingerprint density at radius 1 is 1.14 bits per heavy atom. The molecule has 2 saturated carbocycles. The second-order valence-electron chi connectivity index (χ2n) is 4.44. The van der Waals surface area contributed by atoms with Crippen LogP contribution in [-0.4, -0.2) is 22.2 Å². The van der Waals surface area contributed by atoms with E-state index in [1.807, 2.05) is 0 Å². The molecule has 14 heavy (non-hydrogen) atoms. The lowest BCUT2D eigenvalue weighted by Crippen LogP contribution is -2.33. The van der Waals surface area contributed by atoms with Gasteiger partial charge < -0.3 is 10.2 Å². The van der Waals surface area contributed by atoms with Crippen molar-refractivity contribution in [1.82, 2.24) is 0 Å². The van der Waals surface area contributed by atoms with Gasteiger partial charge in [0.2, 0.25) is 0 Å². The molecule has 0 aromatic carbocycles. The Morgan fingerprint density at radius 3 is 2.43 bits per heavy atom. The summed E-state index contributed by atoms with van der Waals surface area (Å²) in [4.78, 5) is 22.1. The Bertz CT molecular complexity index is 286. The van der Waals surface area contributed by atoms with Crippen LogP contribution in [0.1, 0.15) is 32.1 Å². The molecule has 78 valence electrons. The zero-order chi connectivity index (χ0) is 10.3. The highest BCUT2D eigenvalue weighted by molar-refractivity contribution is 5.79. The first-order valence-electron chi connectivity index (χ1n) is 5.04. The van der Waals surface area contributed by atoms with Crippen LogP contribution in [0.4, 0.5) is 0 Å². The maximum absolute atomic E-state index is 11.2. The van der Waals surface area contributed by atoms with E-state index >= 15 is 0 Å². The van der Waals surface area contributed by atoms with Crippen molar-refractivity contribution in [3.05, 3.63) is 0 Å². The van der Waals surface area contributed by atoms with Gasteiger partial charge in [-0.25, -0.2) is 0 Å². The van der Waals surface area contributed by atoms with Gasteiger partial charge >= 0.3 is 11.9 Å². The normalized spacial score (nSPS) is 40.9. The maximum Gasteiger partial charge on any atom is 0.309 e. The molecule has 4 nitrogen and oxygen atoms in total. The van der Waals surface area contributed by atoms with Gasteiger partial charge in [0.25, 0.3) is 0 Å². The van der Waals surface area contributed by atoms with Gasteiger partial charge in [-0.15, -0.1) is 0 Å². The lowest BCUT2D eigenvalue weighted by atomic mass is 9.78. The van der Waals surface area contributed by atoms with Gasteiger partial charge in [-0.3, -0.25) is 9.59 Å². The molecular weight excluding hydrogens is 184 g/mol. The smallest absolute Gasteiger partial charge is 0.309 e. The van der Waals surface area contributed by atoms with Crippen molar-refractivity contribution < 1.29 is 19.8 Å². The van der Waals surface area contributed by atoms with Crippen molar-refractivity contribution in [2.45, 2.75) is 32.1 Å². The number of fused-ring (bicyclic) bond motifs is 1.